The topological polar surface area (TPSA) is 92.9 Å². The van der Waals surface area contributed by atoms with Crippen LogP contribution in [-0.4, -0.2) is 33.3 Å². The normalized spacial score (nSPS) is 15.9. The number of benzene rings is 1. The predicted octanol–water partition coefficient (Wildman–Crippen LogP) is 4.02. The van der Waals surface area contributed by atoms with Gasteiger partial charge in [0.2, 0.25) is 5.78 Å². The lowest BCUT2D eigenvalue weighted by Crippen LogP contribution is -2.30. The van der Waals surface area contributed by atoms with Gasteiger partial charge in [0.15, 0.2) is 11.5 Å². The van der Waals surface area contributed by atoms with Crippen LogP contribution in [0.3, 0.4) is 0 Å². The zero-order valence-electron chi connectivity index (χ0n) is 16.6. The Morgan fingerprint density at radius 2 is 2.03 bits per heavy atom. The largest absolute Gasteiger partial charge is 0.503 e. The summed E-state index contributed by atoms with van der Waals surface area (Å²) in [7, 11) is 0. The molecule has 1 N–H and O–H groups in total. The van der Waals surface area contributed by atoms with Gasteiger partial charge >= 0.3 is 0 Å². The van der Waals surface area contributed by atoms with E-state index in [9.17, 15) is 14.7 Å². The van der Waals surface area contributed by atoms with Crippen molar-refractivity contribution in [3.05, 3.63) is 108 Å². The SMILES string of the molecule is C=CCOc1cccc(C2C(C(=O)c3ccco3)=C(O)C(=O)N2Cc2ccncc2)c1. The van der Waals surface area contributed by atoms with Crippen LogP contribution in [0, 0.1) is 0 Å². The molecule has 156 valence electrons. The van der Waals surface area contributed by atoms with Gasteiger partial charge in [-0.3, -0.25) is 14.6 Å². The minimum Gasteiger partial charge on any atom is -0.503 e. The van der Waals surface area contributed by atoms with Gasteiger partial charge in [0.1, 0.15) is 12.4 Å². The molecule has 1 unspecified atom stereocenters. The highest BCUT2D eigenvalue weighted by molar-refractivity contribution is 6.15. The first-order valence-corrected chi connectivity index (χ1v) is 9.65. The molecule has 1 aliphatic heterocycles. The number of rotatable bonds is 8. The van der Waals surface area contributed by atoms with E-state index in [1.807, 2.05) is 0 Å². The van der Waals surface area contributed by atoms with Crippen LogP contribution in [0.4, 0.5) is 0 Å². The van der Waals surface area contributed by atoms with Crippen molar-refractivity contribution < 1.29 is 23.8 Å². The number of aliphatic hydroxyl groups excluding tert-OH is 1. The van der Waals surface area contributed by atoms with Crippen LogP contribution in [-0.2, 0) is 11.3 Å². The average molecular weight is 416 g/mol. The fourth-order valence-electron chi connectivity index (χ4n) is 3.55. The van der Waals surface area contributed by atoms with Gasteiger partial charge in [-0.15, -0.1) is 0 Å². The number of hydrogen-bond acceptors (Lipinski definition) is 6. The zero-order valence-corrected chi connectivity index (χ0v) is 16.6. The lowest BCUT2D eigenvalue weighted by Gasteiger charge is -2.27. The van der Waals surface area contributed by atoms with Gasteiger partial charge in [0, 0.05) is 18.9 Å². The number of amides is 1. The quantitative estimate of drug-likeness (QED) is 0.440. The first-order chi connectivity index (χ1) is 15.1. The van der Waals surface area contributed by atoms with Crippen LogP contribution in [0.25, 0.3) is 0 Å². The molecule has 1 amide bonds. The maximum atomic E-state index is 13.2. The highest BCUT2D eigenvalue weighted by Gasteiger charge is 2.44. The second-order valence-electron chi connectivity index (χ2n) is 6.93. The molecule has 1 aromatic carbocycles. The van der Waals surface area contributed by atoms with Gasteiger partial charge in [-0.25, -0.2) is 0 Å². The van der Waals surface area contributed by atoms with E-state index in [2.05, 4.69) is 11.6 Å². The minimum atomic E-state index is -0.814. The van der Waals surface area contributed by atoms with Gasteiger partial charge in [-0.2, -0.15) is 0 Å². The summed E-state index contributed by atoms with van der Waals surface area (Å²) < 4.78 is 10.9. The fourth-order valence-corrected chi connectivity index (χ4v) is 3.55. The van der Waals surface area contributed by atoms with E-state index in [0.29, 0.717) is 17.9 Å². The summed E-state index contributed by atoms with van der Waals surface area (Å²) in [4.78, 5) is 31.6. The summed E-state index contributed by atoms with van der Waals surface area (Å²) in [5.74, 6) is -1.16. The Hall–Kier alpha value is -4.13. The second kappa shape index (κ2) is 8.71. The molecule has 0 fully saturated rings. The molecule has 0 saturated heterocycles. The third-order valence-corrected chi connectivity index (χ3v) is 4.94. The van der Waals surface area contributed by atoms with Gasteiger partial charge in [-0.1, -0.05) is 24.8 Å². The highest BCUT2D eigenvalue weighted by Crippen LogP contribution is 2.40. The number of aromatic nitrogens is 1. The van der Waals surface area contributed by atoms with Crippen LogP contribution >= 0.6 is 0 Å². The summed E-state index contributed by atoms with van der Waals surface area (Å²) in [6.07, 6.45) is 6.24. The van der Waals surface area contributed by atoms with Crippen molar-refractivity contribution in [2.75, 3.05) is 6.61 Å². The fraction of sp³-hybridized carbons (Fsp3) is 0.125. The summed E-state index contributed by atoms with van der Waals surface area (Å²) in [5.41, 5.74) is 1.41. The number of ether oxygens (including phenoxy) is 1. The Kier molecular flexibility index (Phi) is 5.66. The lowest BCUT2D eigenvalue weighted by atomic mass is 9.94. The summed E-state index contributed by atoms with van der Waals surface area (Å²) in [5, 5.41) is 10.7. The van der Waals surface area contributed by atoms with Crippen LogP contribution in [0.15, 0.2) is 95.6 Å². The number of carbonyl (C=O) groups is 2. The molecule has 7 heteroatoms. The standard InChI is InChI=1S/C24H20N2O5/c1-2-12-30-18-6-3-5-17(14-18)21-20(22(27)19-7-4-13-31-19)23(28)24(29)26(21)15-16-8-10-25-11-9-16/h2-11,13-14,21,28H,1,12,15H2. The number of ketones is 1. The van der Waals surface area contributed by atoms with Crippen LogP contribution in [0.1, 0.15) is 27.7 Å². The number of nitrogens with zero attached hydrogens (tertiary/aromatic N) is 2. The summed E-state index contributed by atoms with van der Waals surface area (Å²) >= 11 is 0. The Morgan fingerprint density at radius 1 is 1.23 bits per heavy atom. The zero-order chi connectivity index (χ0) is 21.8. The molecule has 7 nitrogen and oxygen atoms in total. The molecule has 1 atom stereocenters. The molecule has 3 heterocycles. The highest BCUT2D eigenvalue weighted by atomic mass is 16.5. The molecule has 0 bridgehead atoms. The molecule has 0 aliphatic carbocycles. The number of Topliss-reactive ketones (excluding diaryl/α,β-unsaturated/α-hetero) is 1. The monoisotopic (exact) mass is 416 g/mol. The molecule has 2 aromatic heterocycles. The molecule has 3 aromatic rings. The molecule has 31 heavy (non-hydrogen) atoms. The average Bonchev–Trinajstić information content (AvgIpc) is 3.42. The van der Waals surface area contributed by atoms with Crippen molar-refractivity contribution in [3.8, 4) is 5.75 Å². The van der Waals surface area contributed by atoms with Crippen molar-refractivity contribution in [2.24, 2.45) is 0 Å². The first kappa shape index (κ1) is 20.2. The van der Waals surface area contributed by atoms with E-state index in [1.54, 1.807) is 60.9 Å². The first-order valence-electron chi connectivity index (χ1n) is 9.65. The molecule has 1 aliphatic rings. The molecule has 0 spiro atoms. The Bertz CT molecular complexity index is 1140. The number of carbonyl (C=O) groups excluding carboxylic acids is 2. The number of furan rings is 1. The van der Waals surface area contributed by atoms with Gasteiger partial charge in [0.25, 0.3) is 5.91 Å². The summed E-state index contributed by atoms with van der Waals surface area (Å²) in [6.45, 7) is 4.14. The maximum Gasteiger partial charge on any atom is 0.290 e. The third-order valence-electron chi connectivity index (χ3n) is 4.94. The van der Waals surface area contributed by atoms with E-state index in [0.717, 1.165) is 5.56 Å². The third kappa shape index (κ3) is 3.98. The molecule has 4 rings (SSSR count). The summed E-state index contributed by atoms with van der Waals surface area (Å²) in [6, 6.07) is 12.9. The van der Waals surface area contributed by atoms with E-state index >= 15 is 0 Å². The smallest absolute Gasteiger partial charge is 0.290 e. The van der Waals surface area contributed by atoms with Crippen molar-refractivity contribution >= 4 is 11.7 Å². The number of aliphatic hydroxyl groups is 1. The molecule has 0 saturated carbocycles. The number of pyridine rings is 1. The van der Waals surface area contributed by atoms with Gasteiger partial charge in [-0.05, 0) is 47.5 Å². The maximum absolute atomic E-state index is 13.2. The van der Waals surface area contributed by atoms with Crippen LogP contribution < -0.4 is 4.74 Å². The molecular weight excluding hydrogens is 396 g/mol. The Morgan fingerprint density at radius 3 is 2.74 bits per heavy atom. The van der Waals surface area contributed by atoms with Crippen LogP contribution in [0.5, 0.6) is 5.75 Å². The Labute approximate surface area is 178 Å². The predicted molar refractivity (Wildman–Crippen MR) is 112 cm³/mol. The van der Waals surface area contributed by atoms with Crippen LogP contribution in [0.2, 0.25) is 0 Å². The second-order valence-corrected chi connectivity index (χ2v) is 6.93. The molecule has 0 radical (unpaired) electrons. The van der Waals surface area contributed by atoms with E-state index in [-0.39, 0.29) is 17.9 Å². The van der Waals surface area contributed by atoms with Crippen molar-refractivity contribution in [2.45, 2.75) is 12.6 Å². The number of hydrogen-bond donors (Lipinski definition) is 1. The van der Waals surface area contributed by atoms with Gasteiger partial charge in [0.05, 0.1) is 17.9 Å². The minimum absolute atomic E-state index is 0.0325. The van der Waals surface area contributed by atoms with Crippen molar-refractivity contribution in [1.82, 2.24) is 9.88 Å². The van der Waals surface area contributed by atoms with Gasteiger partial charge < -0.3 is 19.2 Å². The van der Waals surface area contributed by atoms with E-state index in [1.165, 1.54) is 17.2 Å². The molecular formula is C24H20N2O5. The van der Waals surface area contributed by atoms with Crippen molar-refractivity contribution in [1.29, 1.82) is 0 Å². The Balaban J connectivity index is 1.78. The van der Waals surface area contributed by atoms with E-state index < -0.39 is 23.5 Å². The lowest BCUT2D eigenvalue weighted by molar-refractivity contribution is -0.130. The van der Waals surface area contributed by atoms with E-state index in [4.69, 9.17) is 9.15 Å². The van der Waals surface area contributed by atoms with Crippen molar-refractivity contribution in [3.63, 3.8) is 0 Å².